The zero-order valence-corrected chi connectivity index (χ0v) is 10.1. The Morgan fingerprint density at radius 3 is 2.84 bits per heavy atom. The summed E-state index contributed by atoms with van der Waals surface area (Å²) < 4.78 is 0. The zero-order valence-electron chi connectivity index (χ0n) is 10.1. The lowest BCUT2D eigenvalue weighted by molar-refractivity contribution is -0.111. The van der Waals surface area contributed by atoms with Gasteiger partial charge in [-0.1, -0.05) is 6.07 Å². The number of allylic oxidation sites excluding steroid dienone is 2. The first-order chi connectivity index (χ1) is 9.34. The van der Waals surface area contributed by atoms with E-state index in [4.69, 9.17) is 0 Å². The molecule has 2 aliphatic heterocycles. The average Bonchev–Trinajstić information content (AvgIpc) is 3.21. The molecule has 0 spiro atoms. The molecule has 5 nitrogen and oxygen atoms in total. The third-order valence-electron chi connectivity index (χ3n) is 3.43. The van der Waals surface area contributed by atoms with Gasteiger partial charge in [0, 0.05) is 29.4 Å². The second-order valence-electron chi connectivity index (χ2n) is 4.76. The highest BCUT2D eigenvalue weighted by molar-refractivity contribution is 6.78. The summed E-state index contributed by atoms with van der Waals surface area (Å²) in [5.41, 5.74) is 3.91. The van der Waals surface area contributed by atoms with Crippen LogP contribution in [0.4, 0.5) is 0 Å². The minimum absolute atomic E-state index is 0.304. The molecular weight excluding hydrogens is 240 g/mol. The molecule has 1 fully saturated rings. The fourth-order valence-corrected chi connectivity index (χ4v) is 2.39. The molecule has 0 N–H and O–H groups in total. The van der Waals surface area contributed by atoms with Crippen LogP contribution in [-0.4, -0.2) is 28.7 Å². The van der Waals surface area contributed by atoms with Crippen molar-refractivity contribution >= 4 is 29.2 Å². The van der Waals surface area contributed by atoms with Gasteiger partial charge in [0.25, 0.3) is 5.91 Å². The molecule has 0 unspecified atom stereocenters. The first-order valence-electron chi connectivity index (χ1n) is 6.23. The van der Waals surface area contributed by atoms with Crippen LogP contribution in [0.25, 0.3) is 5.57 Å². The number of hydrogen-bond donors (Lipinski definition) is 0. The predicted octanol–water partition coefficient (Wildman–Crippen LogP) is 1.67. The highest BCUT2D eigenvalue weighted by atomic mass is 16.1. The quantitative estimate of drug-likeness (QED) is 0.801. The van der Waals surface area contributed by atoms with Crippen molar-refractivity contribution in [2.24, 2.45) is 20.9 Å². The first kappa shape index (κ1) is 10.5. The number of pyridine rings is 1. The lowest BCUT2D eigenvalue weighted by Crippen LogP contribution is -2.24. The molecule has 4 rings (SSSR count). The van der Waals surface area contributed by atoms with Crippen molar-refractivity contribution in [1.82, 2.24) is 4.98 Å². The molecule has 19 heavy (non-hydrogen) atoms. The minimum atomic E-state index is -0.304. The Bertz CT molecular complexity index is 693. The number of aliphatic imine (C=N–C) groups is 3. The van der Waals surface area contributed by atoms with E-state index in [9.17, 15) is 4.79 Å². The third kappa shape index (κ3) is 1.58. The summed E-state index contributed by atoms with van der Waals surface area (Å²) in [6, 6.07) is 3.85. The number of hydrogen-bond acceptors (Lipinski definition) is 4. The van der Waals surface area contributed by atoms with E-state index in [-0.39, 0.29) is 5.91 Å². The molecule has 5 heteroatoms. The van der Waals surface area contributed by atoms with Crippen LogP contribution in [0.15, 0.2) is 45.2 Å². The van der Waals surface area contributed by atoms with E-state index in [0.717, 1.165) is 29.7 Å². The number of nitrogens with zero attached hydrogens (tertiary/aromatic N) is 4. The van der Waals surface area contributed by atoms with Crippen LogP contribution in [0.2, 0.25) is 0 Å². The normalized spacial score (nSPS) is 21.4. The average molecular weight is 250 g/mol. The SMILES string of the molecule is O=C1N=CN=C2C1=NC(C1CC1)=C2c1cccnc1. The van der Waals surface area contributed by atoms with Crippen molar-refractivity contribution in [3.8, 4) is 0 Å². The monoisotopic (exact) mass is 250 g/mol. The van der Waals surface area contributed by atoms with Crippen LogP contribution in [0.3, 0.4) is 0 Å². The topological polar surface area (TPSA) is 67.0 Å². The molecule has 1 aromatic heterocycles. The van der Waals surface area contributed by atoms with E-state index in [1.165, 1.54) is 6.34 Å². The van der Waals surface area contributed by atoms with E-state index in [1.807, 2.05) is 12.1 Å². The molecule has 0 radical (unpaired) electrons. The third-order valence-corrected chi connectivity index (χ3v) is 3.43. The maximum atomic E-state index is 11.8. The Balaban J connectivity index is 1.91. The maximum Gasteiger partial charge on any atom is 0.299 e. The van der Waals surface area contributed by atoms with Crippen LogP contribution in [-0.2, 0) is 4.79 Å². The van der Waals surface area contributed by atoms with E-state index in [0.29, 0.717) is 17.3 Å². The second kappa shape index (κ2) is 3.78. The summed E-state index contributed by atoms with van der Waals surface area (Å²) in [6.07, 6.45) is 7.07. The van der Waals surface area contributed by atoms with Gasteiger partial charge in [0.15, 0.2) is 5.71 Å². The Kier molecular flexibility index (Phi) is 2.09. The van der Waals surface area contributed by atoms with Gasteiger partial charge in [0.1, 0.15) is 12.1 Å². The van der Waals surface area contributed by atoms with Gasteiger partial charge in [0.05, 0.1) is 5.70 Å². The molecule has 3 heterocycles. The molecule has 0 aromatic carbocycles. The van der Waals surface area contributed by atoms with Crippen molar-refractivity contribution < 1.29 is 4.79 Å². The molecular formula is C14H10N4O. The number of fused-ring (bicyclic) bond motifs is 1. The van der Waals surface area contributed by atoms with Crippen LogP contribution >= 0.6 is 0 Å². The van der Waals surface area contributed by atoms with Gasteiger partial charge in [-0.05, 0) is 18.9 Å². The Hall–Kier alpha value is -2.43. The summed E-state index contributed by atoms with van der Waals surface area (Å²) >= 11 is 0. The van der Waals surface area contributed by atoms with E-state index in [2.05, 4.69) is 20.0 Å². The van der Waals surface area contributed by atoms with Crippen LogP contribution < -0.4 is 0 Å². The van der Waals surface area contributed by atoms with Gasteiger partial charge in [-0.15, -0.1) is 0 Å². The van der Waals surface area contributed by atoms with Crippen molar-refractivity contribution in [2.45, 2.75) is 12.8 Å². The molecule has 1 saturated carbocycles. The second-order valence-corrected chi connectivity index (χ2v) is 4.76. The van der Waals surface area contributed by atoms with Gasteiger partial charge in [0.2, 0.25) is 0 Å². The summed E-state index contributed by atoms with van der Waals surface area (Å²) in [6.45, 7) is 0. The van der Waals surface area contributed by atoms with Crippen molar-refractivity contribution in [3.05, 3.63) is 35.8 Å². The smallest absolute Gasteiger partial charge is 0.265 e. The Morgan fingerprint density at radius 2 is 2.11 bits per heavy atom. The molecule has 0 atom stereocenters. The molecule has 92 valence electrons. The molecule has 1 aromatic rings. The summed E-state index contributed by atoms with van der Waals surface area (Å²) in [4.78, 5) is 28.4. The van der Waals surface area contributed by atoms with Gasteiger partial charge in [-0.2, -0.15) is 4.99 Å². The van der Waals surface area contributed by atoms with Crippen LogP contribution in [0.1, 0.15) is 18.4 Å². The van der Waals surface area contributed by atoms with E-state index < -0.39 is 0 Å². The van der Waals surface area contributed by atoms with Crippen molar-refractivity contribution in [3.63, 3.8) is 0 Å². The maximum absolute atomic E-state index is 11.8. The van der Waals surface area contributed by atoms with Crippen molar-refractivity contribution in [2.75, 3.05) is 0 Å². The standard InChI is InChI=1S/C14H10N4O/c19-14-13-12(16-7-17-14)10(9-2-1-5-15-6-9)11(18-13)8-3-4-8/h1-2,5-8H,3-4H2. The zero-order chi connectivity index (χ0) is 12.8. The molecule has 0 saturated heterocycles. The number of carbonyl (C=O) groups is 1. The molecule has 3 aliphatic rings. The first-order valence-corrected chi connectivity index (χ1v) is 6.23. The van der Waals surface area contributed by atoms with Gasteiger partial charge in [-0.3, -0.25) is 9.78 Å². The van der Waals surface area contributed by atoms with E-state index >= 15 is 0 Å². The predicted molar refractivity (Wildman–Crippen MR) is 72.3 cm³/mol. The summed E-state index contributed by atoms with van der Waals surface area (Å²) in [5, 5.41) is 0. The summed E-state index contributed by atoms with van der Waals surface area (Å²) in [7, 11) is 0. The van der Waals surface area contributed by atoms with Gasteiger partial charge < -0.3 is 0 Å². The van der Waals surface area contributed by atoms with E-state index in [1.54, 1.807) is 12.4 Å². The molecule has 1 aliphatic carbocycles. The highest BCUT2D eigenvalue weighted by Gasteiger charge is 2.38. The lowest BCUT2D eigenvalue weighted by atomic mass is 9.98. The number of rotatable bonds is 2. The largest absolute Gasteiger partial charge is 0.299 e. The summed E-state index contributed by atoms with van der Waals surface area (Å²) in [5.74, 6) is 0.144. The van der Waals surface area contributed by atoms with Crippen LogP contribution in [0.5, 0.6) is 0 Å². The van der Waals surface area contributed by atoms with Crippen molar-refractivity contribution in [1.29, 1.82) is 0 Å². The number of aromatic nitrogens is 1. The lowest BCUT2D eigenvalue weighted by Gasteiger charge is -2.08. The number of amides is 1. The van der Waals surface area contributed by atoms with Gasteiger partial charge >= 0.3 is 0 Å². The van der Waals surface area contributed by atoms with Gasteiger partial charge in [-0.25, -0.2) is 9.98 Å². The molecule has 1 amide bonds. The Labute approximate surface area is 109 Å². The molecule has 0 bridgehead atoms. The highest BCUT2D eigenvalue weighted by Crippen LogP contribution is 2.44. The number of carbonyl (C=O) groups excluding carboxylic acids is 1. The fourth-order valence-electron chi connectivity index (χ4n) is 2.39. The fraction of sp³-hybridized carbons (Fsp3) is 0.214. The Morgan fingerprint density at radius 1 is 1.21 bits per heavy atom. The van der Waals surface area contributed by atoms with Crippen LogP contribution in [0, 0.1) is 5.92 Å². The minimum Gasteiger partial charge on any atom is -0.265 e.